The van der Waals surface area contributed by atoms with Crippen molar-refractivity contribution >= 4 is 16.8 Å². The first-order valence-corrected chi connectivity index (χ1v) is 6.73. The number of carbonyl (C=O) groups excluding carboxylic acids is 1. The van der Waals surface area contributed by atoms with Gasteiger partial charge >= 0.3 is 0 Å². The summed E-state index contributed by atoms with van der Waals surface area (Å²) in [7, 11) is 3.54. The average molecular weight is 275 g/mol. The number of ether oxygens (including phenoxy) is 1. The van der Waals surface area contributed by atoms with Crippen LogP contribution in [0.1, 0.15) is 5.56 Å². The van der Waals surface area contributed by atoms with E-state index in [0.717, 1.165) is 12.1 Å². The minimum atomic E-state index is -0.00110. The number of carbonyl (C=O) groups is 1. The maximum absolute atomic E-state index is 11.9. The highest BCUT2D eigenvalue weighted by Gasteiger charge is 2.10. The molecule has 2 aromatic rings. The minimum absolute atomic E-state index is 0.00110. The highest BCUT2D eigenvalue weighted by Crippen LogP contribution is 2.21. The number of para-hydroxylation sites is 1. The quantitative estimate of drug-likeness (QED) is 0.745. The molecule has 0 aliphatic rings. The molecule has 0 spiro atoms. The molecule has 5 nitrogen and oxygen atoms in total. The van der Waals surface area contributed by atoms with Gasteiger partial charge in [0.05, 0.1) is 6.61 Å². The van der Waals surface area contributed by atoms with Crippen molar-refractivity contribution in [1.82, 2.24) is 15.2 Å². The van der Waals surface area contributed by atoms with Crippen molar-refractivity contribution in [2.75, 3.05) is 27.3 Å². The molecule has 0 aliphatic carbocycles. The first-order chi connectivity index (χ1) is 9.76. The molecule has 1 heterocycles. The van der Waals surface area contributed by atoms with Gasteiger partial charge in [-0.2, -0.15) is 0 Å². The molecule has 0 unspecified atom stereocenters. The Hall–Kier alpha value is -1.85. The largest absolute Gasteiger partial charge is 0.383 e. The summed E-state index contributed by atoms with van der Waals surface area (Å²) < 4.78 is 6.91. The van der Waals surface area contributed by atoms with Gasteiger partial charge in [0.2, 0.25) is 5.91 Å². The summed E-state index contributed by atoms with van der Waals surface area (Å²) in [6.45, 7) is 2.19. The van der Waals surface area contributed by atoms with Crippen molar-refractivity contribution in [3.8, 4) is 0 Å². The predicted molar refractivity (Wildman–Crippen MR) is 79.6 cm³/mol. The Kier molecular flexibility index (Phi) is 5.15. The second-order valence-electron chi connectivity index (χ2n) is 4.67. The third kappa shape index (κ3) is 3.37. The number of nitrogens with zero attached hydrogens (tertiary/aromatic N) is 1. The zero-order chi connectivity index (χ0) is 14.4. The van der Waals surface area contributed by atoms with E-state index < -0.39 is 0 Å². The third-order valence-corrected chi connectivity index (χ3v) is 3.18. The number of hydrogen-bond donors (Lipinski definition) is 2. The molecule has 1 aromatic heterocycles. The predicted octanol–water partition coefficient (Wildman–Crippen LogP) is 1.12. The van der Waals surface area contributed by atoms with Gasteiger partial charge in [0.1, 0.15) is 6.54 Å². The molecule has 0 aliphatic heterocycles. The van der Waals surface area contributed by atoms with Gasteiger partial charge in [-0.1, -0.05) is 18.2 Å². The van der Waals surface area contributed by atoms with Crippen LogP contribution in [0, 0.1) is 0 Å². The third-order valence-electron chi connectivity index (χ3n) is 3.18. The summed E-state index contributed by atoms with van der Waals surface area (Å²) in [4.78, 5) is 11.9. The van der Waals surface area contributed by atoms with Crippen molar-refractivity contribution < 1.29 is 9.53 Å². The van der Waals surface area contributed by atoms with Crippen molar-refractivity contribution in [1.29, 1.82) is 0 Å². The Balaban J connectivity index is 2.15. The van der Waals surface area contributed by atoms with Gasteiger partial charge in [-0.25, -0.2) is 0 Å². The maximum Gasteiger partial charge on any atom is 0.240 e. The molecule has 20 heavy (non-hydrogen) atoms. The molecular formula is C15H21N3O2. The molecule has 0 saturated carbocycles. The van der Waals surface area contributed by atoms with Crippen LogP contribution in [0.2, 0.25) is 0 Å². The number of benzene rings is 1. The van der Waals surface area contributed by atoms with Crippen LogP contribution in [0.3, 0.4) is 0 Å². The van der Waals surface area contributed by atoms with Crippen molar-refractivity contribution in [3.05, 3.63) is 36.0 Å². The summed E-state index contributed by atoms with van der Waals surface area (Å²) >= 11 is 0. The van der Waals surface area contributed by atoms with E-state index in [2.05, 4.69) is 16.7 Å². The van der Waals surface area contributed by atoms with Gasteiger partial charge in [0, 0.05) is 37.3 Å². The van der Waals surface area contributed by atoms with E-state index in [4.69, 9.17) is 4.74 Å². The molecule has 0 saturated heterocycles. The SMILES string of the molecule is CNCc1cn(CC(=O)NCCOC)c2ccccc12. The Morgan fingerprint density at radius 1 is 1.35 bits per heavy atom. The highest BCUT2D eigenvalue weighted by molar-refractivity contribution is 5.86. The highest BCUT2D eigenvalue weighted by atomic mass is 16.5. The van der Waals surface area contributed by atoms with Crippen LogP contribution in [0.5, 0.6) is 0 Å². The summed E-state index contributed by atoms with van der Waals surface area (Å²) in [5, 5.41) is 7.18. The molecule has 0 fully saturated rings. The number of nitrogens with one attached hydrogen (secondary N) is 2. The number of hydrogen-bond acceptors (Lipinski definition) is 3. The molecule has 1 amide bonds. The second-order valence-corrected chi connectivity index (χ2v) is 4.67. The van der Waals surface area contributed by atoms with E-state index in [1.54, 1.807) is 7.11 Å². The van der Waals surface area contributed by atoms with E-state index >= 15 is 0 Å². The van der Waals surface area contributed by atoms with Crippen LogP contribution in [0.15, 0.2) is 30.5 Å². The summed E-state index contributed by atoms with van der Waals surface area (Å²) in [5.74, 6) is -0.00110. The van der Waals surface area contributed by atoms with Crippen molar-refractivity contribution in [2.45, 2.75) is 13.1 Å². The van der Waals surface area contributed by atoms with Crippen molar-refractivity contribution in [3.63, 3.8) is 0 Å². The number of methoxy groups -OCH3 is 1. The fourth-order valence-electron chi connectivity index (χ4n) is 2.29. The first-order valence-electron chi connectivity index (χ1n) is 6.73. The fourth-order valence-corrected chi connectivity index (χ4v) is 2.29. The van der Waals surface area contributed by atoms with E-state index in [-0.39, 0.29) is 5.91 Å². The number of amides is 1. The second kappa shape index (κ2) is 7.07. The van der Waals surface area contributed by atoms with Crippen molar-refractivity contribution in [2.24, 2.45) is 0 Å². The van der Waals surface area contributed by atoms with Crippen LogP contribution in [0.25, 0.3) is 10.9 Å². The van der Waals surface area contributed by atoms with Crippen LogP contribution >= 0.6 is 0 Å². The lowest BCUT2D eigenvalue weighted by atomic mass is 10.2. The van der Waals surface area contributed by atoms with E-state index in [1.807, 2.05) is 36.0 Å². The van der Waals surface area contributed by atoms with E-state index in [1.165, 1.54) is 10.9 Å². The van der Waals surface area contributed by atoms with Gasteiger partial charge in [-0.05, 0) is 18.7 Å². The Bertz CT molecular complexity index is 578. The molecule has 1 aromatic carbocycles. The molecule has 0 bridgehead atoms. The lowest BCUT2D eigenvalue weighted by Gasteiger charge is -2.06. The van der Waals surface area contributed by atoms with Crippen LogP contribution in [-0.4, -0.2) is 37.8 Å². The lowest BCUT2D eigenvalue weighted by Crippen LogP contribution is -2.30. The maximum atomic E-state index is 11.9. The van der Waals surface area contributed by atoms with Crippen LogP contribution < -0.4 is 10.6 Å². The first kappa shape index (κ1) is 14.6. The standard InChI is InChI=1S/C15H21N3O2/c1-16-9-12-10-18(11-15(19)17-7-8-20-2)14-6-4-3-5-13(12)14/h3-6,10,16H,7-9,11H2,1-2H3,(H,17,19). The number of aromatic nitrogens is 1. The van der Waals surface area contributed by atoms with Crippen LogP contribution in [-0.2, 0) is 22.6 Å². The van der Waals surface area contributed by atoms with Crippen LogP contribution in [0.4, 0.5) is 0 Å². The topological polar surface area (TPSA) is 55.3 Å². The summed E-state index contributed by atoms with van der Waals surface area (Å²) in [5.41, 5.74) is 2.28. The summed E-state index contributed by atoms with van der Waals surface area (Å²) in [6, 6.07) is 8.13. The van der Waals surface area contributed by atoms with Gasteiger partial charge in [-0.3, -0.25) is 4.79 Å². The smallest absolute Gasteiger partial charge is 0.240 e. The Morgan fingerprint density at radius 2 is 2.15 bits per heavy atom. The molecular weight excluding hydrogens is 254 g/mol. The molecule has 2 rings (SSSR count). The number of fused-ring (bicyclic) bond motifs is 1. The summed E-state index contributed by atoms with van der Waals surface area (Å²) in [6.07, 6.45) is 2.04. The zero-order valence-electron chi connectivity index (χ0n) is 12.0. The van der Waals surface area contributed by atoms with Gasteiger partial charge in [0.25, 0.3) is 0 Å². The Morgan fingerprint density at radius 3 is 2.90 bits per heavy atom. The van der Waals surface area contributed by atoms with Gasteiger partial charge in [-0.15, -0.1) is 0 Å². The molecule has 2 N–H and O–H groups in total. The molecule has 108 valence electrons. The monoisotopic (exact) mass is 275 g/mol. The van der Waals surface area contributed by atoms with E-state index in [9.17, 15) is 4.79 Å². The molecule has 5 heteroatoms. The fraction of sp³-hybridized carbons (Fsp3) is 0.400. The van der Waals surface area contributed by atoms with Gasteiger partial charge < -0.3 is 19.9 Å². The lowest BCUT2D eigenvalue weighted by molar-refractivity contribution is -0.121. The minimum Gasteiger partial charge on any atom is -0.383 e. The zero-order valence-corrected chi connectivity index (χ0v) is 12.0. The molecule has 0 radical (unpaired) electrons. The number of rotatable bonds is 7. The molecule has 0 atom stereocenters. The van der Waals surface area contributed by atoms with E-state index in [0.29, 0.717) is 19.7 Å². The van der Waals surface area contributed by atoms with Gasteiger partial charge in [0.15, 0.2) is 0 Å². The average Bonchev–Trinajstić information content (AvgIpc) is 2.78. The Labute approximate surface area is 118 Å². The normalized spacial score (nSPS) is 10.9.